The maximum Gasteiger partial charge on any atom is 0.387 e. The lowest BCUT2D eigenvalue weighted by Crippen LogP contribution is -2.04. The van der Waals surface area contributed by atoms with E-state index in [1.165, 1.54) is 6.07 Å². The monoisotopic (exact) mass is 186 g/mol. The van der Waals surface area contributed by atoms with E-state index in [4.69, 9.17) is 0 Å². The first-order valence-corrected chi connectivity index (χ1v) is 3.82. The van der Waals surface area contributed by atoms with E-state index in [0.717, 1.165) is 0 Å². The molecule has 2 nitrogen and oxygen atoms in total. The van der Waals surface area contributed by atoms with E-state index in [1.807, 2.05) is 0 Å². The first-order valence-electron chi connectivity index (χ1n) is 3.82. The Labute approximate surface area is 75.5 Å². The molecule has 0 aliphatic rings. The van der Waals surface area contributed by atoms with Crippen LogP contribution in [0.15, 0.2) is 24.3 Å². The number of ether oxygens (including phenoxy) is 1. The predicted octanol–water partition coefficient (Wildman–Crippen LogP) is 2.79. The highest BCUT2D eigenvalue weighted by Crippen LogP contribution is 2.21. The van der Waals surface area contributed by atoms with Crippen LogP contribution in [-0.4, -0.2) is 13.7 Å². The molecule has 72 valence electrons. The van der Waals surface area contributed by atoms with Gasteiger partial charge >= 0.3 is 6.61 Å². The highest BCUT2D eigenvalue weighted by Gasteiger charge is 2.05. The van der Waals surface area contributed by atoms with E-state index >= 15 is 0 Å². The van der Waals surface area contributed by atoms with E-state index in [-0.39, 0.29) is 5.75 Å². The van der Waals surface area contributed by atoms with Gasteiger partial charge in [0.15, 0.2) is 0 Å². The lowest BCUT2D eigenvalue weighted by atomic mass is 10.2. The van der Waals surface area contributed by atoms with Crippen LogP contribution in [-0.2, 0) is 6.54 Å². The molecule has 1 aromatic rings. The second-order valence-corrected chi connectivity index (χ2v) is 2.46. The van der Waals surface area contributed by atoms with Crippen LogP contribution in [0.1, 0.15) is 5.56 Å². The summed E-state index contributed by atoms with van der Waals surface area (Å²) < 4.78 is 28.1. The Morgan fingerprint density at radius 2 is 2.08 bits per heavy atom. The zero-order valence-corrected chi connectivity index (χ0v) is 7.21. The molecule has 0 radical (unpaired) electrons. The molecule has 0 aromatic heterocycles. The number of nitrogens with zero attached hydrogens (tertiary/aromatic N) is 1. The van der Waals surface area contributed by atoms with Crippen LogP contribution in [0.3, 0.4) is 0 Å². The molecule has 0 bridgehead atoms. The van der Waals surface area contributed by atoms with Gasteiger partial charge in [0.1, 0.15) is 5.75 Å². The molecule has 0 unspecified atom stereocenters. The summed E-state index contributed by atoms with van der Waals surface area (Å²) in [5.41, 5.74) is 0.672. The number of alkyl halides is 2. The summed E-state index contributed by atoms with van der Waals surface area (Å²) in [7, 11) is 1.62. The number of para-hydroxylation sites is 1. The van der Waals surface area contributed by atoms with Crippen molar-refractivity contribution in [2.45, 2.75) is 13.2 Å². The Kier molecular flexibility index (Phi) is 3.64. The number of hydrogen-bond donors (Lipinski definition) is 0. The largest absolute Gasteiger partial charge is 0.661 e. The molecule has 0 aliphatic heterocycles. The number of hydrogen-bond acceptors (Lipinski definition) is 1. The molecule has 0 fully saturated rings. The molecule has 0 aliphatic carbocycles. The molecule has 0 atom stereocenters. The zero-order valence-electron chi connectivity index (χ0n) is 7.21. The van der Waals surface area contributed by atoms with Crippen LogP contribution in [0.4, 0.5) is 8.78 Å². The standard InChI is InChI=1S/C9H10F2NO/c1-12-6-7-4-2-3-5-8(7)13-9(10)11/h2-5,9H,6H2,1H3/q-1. The fourth-order valence-electron chi connectivity index (χ4n) is 1.02. The van der Waals surface area contributed by atoms with Crippen molar-refractivity contribution in [3.05, 3.63) is 35.1 Å². The molecule has 1 rings (SSSR count). The van der Waals surface area contributed by atoms with Crippen molar-refractivity contribution in [3.63, 3.8) is 0 Å². The van der Waals surface area contributed by atoms with Gasteiger partial charge in [-0.15, -0.1) is 6.54 Å². The predicted molar refractivity (Wildman–Crippen MR) is 46.1 cm³/mol. The Hall–Kier alpha value is -1.16. The minimum atomic E-state index is -2.78. The lowest BCUT2D eigenvalue weighted by molar-refractivity contribution is -0.0503. The van der Waals surface area contributed by atoms with Gasteiger partial charge in [0, 0.05) is 0 Å². The van der Waals surface area contributed by atoms with E-state index in [2.05, 4.69) is 10.1 Å². The normalized spacial score (nSPS) is 10.5. The van der Waals surface area contributed by atoms with Crippen molar-refractivity contribution < 1.29 is 13.5 Å². The average molecular weight is 186 g/mol. The van der Waals surface area contributed by atoms with Crippen molar-refractivity contribution in [2.75, 3.05) is 7.05 Å². The van der Waals surface area contributed by atoms with Gasteiger partial charge in [0.05, 0.1) is 0 Å². The molecule has 0 spiro atoms. The second-order valence-electron chi connectivity index (χ2n) is 2.46. The van der Waals surface area contributed by atoms with Gasteiger partial charge < -0.3 is 10.1 Å². The third kappa shape index (κ3) is 2.99. The van der Waals surface area contributed by atoms with Gasteiger partial charge in [0.25, 0.3) is 0 Å². The molecule has 0 saturated carbocycles. The maximum absolute atomic E-state index is 11.9. The first kappa shape index (κ1) is 9.92. The molecular formula is C9H10F2NO-. The molecule has 4 heteroatoms. The molecule has 13 heavy (non-hydrogen) atoms. The van der Waals surface area contributed by atoms with Gasteiger partial charge in [0.2, 0.25) is 0 Å². The van der Waals surface area contributed by atoms with Crippen molar-refractivity contribution in [2.24, 2.45) is 0 Å². The molecule has 0 amide bonds. The van der Waals surface area contributed by atoms with Crippen molar-refractivity contribution in [1.29, 1.82) is 0 Å². The summed E-state index contributed by atoms with van der Waals surface area (Å²) in [6, 6.07) is 6.63. The lowest BCUT2D eigenvalue weighted by Gasteiger charge is -2.15. The zero-order chi connectivity index (χ0) is 9.68. The number of rotatable bonds is 4. The van der Waals surface area contributed by atoms with Gasteiger partial charge in [-0.25, -0.2) is 0 Å². The van der Waals surface area contributed by atoms with Gasteiger partial charge in [-0.1, -0.05) is 18.2 Å². The molecule has 1 aromatic carbocycles. The summed E-state index contributed by atoms with van der Waals surface area (Å²) in [5, 5.41) is 3.85. The molecular weight excluding hydrogens is 176 g/mol. The highest BCUT2D eigenvalue weighted by atomic mass is 19.3. The summed E-state index contributed by atoms with van der Waals surface area (Å²) in [6.07, 6.45) is 0. The Morgan fingerprint density at radius 1 is 1.38 bits per heavy atom. The van der Waals surface area contributed by atoms with E-state index in [9.17, 15) is 8.78 Å². The molecule has 0 heterocycles. The third-order valence-electron chi connectivity index (χ3n) is 1.52. The third-order valence-corrected chi connectivity index (χ3v) is 1.52. The van der Waals surface area contributed by atoms with Crippen LogP contribution in [0.25, 0.3) is 5.32 Å². The Bertz CT molecular complexity index is 266. The fourth-order valence-corrected chi connectivity index (χ4v) is 1.02. The maximum atomic E-state index is 11.9. The average Bonchev–Trinajstić information content (AvgIpc) is 2.08. The molecule has 0 N–H and O–H groups in total. The van der Waals surface area contributed by atoms with Gasteiger partial charge in [-0.3, -0.25) is 0 Å². The smallest absolute Gasteiger partial charge is 0.387 e. The van der Waals surface area contributed by atoms with Crippen LogP contribution in [0.2, 0.25) is 0 Å². The Morgan fingerprint density at radius 3 is 2.69 bits per heavy atom. The topological polar surface area (TPSA) is 23.3 Å². The number of benzene rings is 1. The van der Waals surface area contributed by atoms with Gasteiger partial charge in [-0.05, 0) is 11.6 Å². The van der Waals surface area contributed by atoms with Crippen LogP contribution in [0, 0.1) is 0 Å². The summed E-state index contributed by atoms with van der Waals surface area (Å²) in [4.78, 5) is 0. The van der Waals surface area contributed by atoms with E-state index in [0.29, 0.717) is 12.1 Å². The highest BCUT2D eigenvalue weighted by molar-refractivity contribution is 5.34. The fraction of sp³-hybridized carbons (Fsp3) is 0.333. The van der Waals surface area contributed by atoms with Crippen molar-refractivity contribution in [1.82, 2.24) is 0 Å². The van der Waals surface area contributed by atoms with Crippen LogP contribution < -0.4 is 4.74 Å². The Balaban J connectivity index is 2.78. The first-order chi connectivity index (χ1) is 6.24. The quantitative estimate of drug-likeness (QED) is 0.709. The number of halogens is 2. The minimum absolute atomic E-state index is 0.197. The van der Waals surface area contributed by atoms with Gasteiger partial charge in [-0.2, -0.15) is 15.8 Å². The summed E-state index contributed by atoms with van der Waals surface area (Å²) in [6.45, 7) is -2.39. The van der Waals surface area contributed by atoms with E-state index in [1.54, 1.807) is 25.2 Å². The van der Waals surface area contributed by atoms with Crippen molar-refractivity contribution in [3.8, 4) is 5.75 Å². The van der Waals surface area contributed by atoms with Crippen LogP contribution in [0.5, 0.6) is 5.75 Å². The van der Waals surface area contributed by atoms with Crippen molar-refractivity contribution >= 4 is 0 Å². The van der Waals surface area contributed by atoms with Crippen LogP contribution >= 0.6 is 0 Å². The van der Waals surface area contributed by atoms with E-state index < -0.39 is 6.61 Å². The second kappa shape index (κ2) is 4.77. The summed E-state index contributed by atoms with van der Waals surface area (Å²) in [5.74, 6) is 0.197. The minimum Gasteiger partial charge on any atom is -0.661 e. The SMILES string of the molecule is C[N-]Cc1ccccc1OC(F)F. The summed E-state index contributed by atoms with van der Waals surface area (Å²) >= 11 is 0. The molecule has 0 saturated heterocycles.